The predicted molar refractivity (Wildman–Crippen MR) is 87.8 cm³/mol. The van der Waals surface area contributed by atoms with Gasteiger partial charge in [0.05, 0.1) is 24.4 Å². The maximum Gasteiger partial charge on any atom is 0.309 e. The Balaban J connectivity index is 2.20. The maximum atomic E-state index is 11.3. The van der Waals surface area contributed by atoms with Crippen molar-refractivity contribution in [1.82, 2.24) is 9.38 Å². The van der Waals surface area contributed by atoms with Crippen molar-refractivity contribution >= 4 is 11.6 Å². The Morgan fingerprint density at radius 3 is 2.70 bits per heavy atom. The van der Waals surface area contributed by atoms with Crippen molar-refractivity contribution in [2.75, 3.05) is 6.61 Å². The third kappa shape index (κ3) is 3.04. The van der Waals surface area contributed by atoms with Crippen LogP contribution in [0.1, 0.15) is 19.0 Å². The quantitative estimate of drug-likeness (QED) is 0.757. The van der Waals surface area contributed by atoms with Crippen LogP contribution in [-0.2, 0) is 11.2 Å². The summed E-state index contributed by atoms with van der Waals surface area (Å²) in [4.78, 5) is 15.9. The Kier molecular flexibility index (Phi) is 4.28. The number of rotatable bonds is 6. The van der Waals surface area contributed by atoms with Gasteiger partial charge in [-0.25, -0.2) is 4.98 Å². The highest BCUT2D eigenvalue weighted by molar-refractivity contribution is 5.77. The van der Waals surface area contributed by atoms with Crippen LogP contribution in [0.3, 0.4) is 0 Å². The molecule has 5 nitrogen and oxygen atoms in total. The van der Waals surface area contributed by atoms with E-state index in [1.54, 1.807) is 4.40 Å². The normalized spacial score (nSPS) is 10.8. The second kappa shape index (κ2) is 6.52. The molecule has 0 saturated carbocycles. The summed E-state index contributed by atoms with van der Waals surface area (Å²) in [5, 5.41) is 9.25. The van der Waals surface area contributed by atoms with Crippen LogP contribution in [0.25, 0.3) is 16.9 Å². The van der Waals surface area contributed by atoms with E-state index in [0.717, 1.165) is 12.0 Å². The molecule has 0 aliphatic carbocycles. The molecule has 0 spiro atoms. The van der Waals surface area contributed by atoms with Crippen LogP contribution in [0.15, 0.2) is 48.7 Å². The highest BCUT2D eigenvalue weighted by Crippen LogP contribution is 2.29. The van der Waals surface area contributed by atoms with Crippen LogP contribution in [0, 0.1) is 0 Å². The first-order valence-corrected chi connectivity index (χ1v) is 7.60. The van der Waals surface area contributed by atoms with E-state index in [1.165, 1.54) is 0 Å². The SMILES string of the molecule is CCCOc1cccn2c(CC(=O)O)c(-c3ccccc3)nc12. The van der Waals surface area contributed by atoms with Gasteiger partial charge in [-0.15, -0.1) is 0 Å². The Morgan fingerprint density at radius 1 is 1.22 bits per heavy atom. The van der Waals surface area contributed by atoms with Gasteiger partial charge >= 0.3 is 5.97 Å². The molecule has 0 aliphatic heterocycles. The van der Waals surface area contributed by atoms with Gasteiger partial charge in [0.2, 0.25) is 0 Å². The molecule has 118 valence electrons. The van der Waals surface area contributed by atoms with Gasteiger partial charge in [-0.2, -0.15) is 0 Å². The molecular formula is C18H18N2O3. The molecule has 3 rings (SSSR count). The number of carboxylic acids is 1. The largest absolute Gasteiger partial charge is 0.490 e. The molecule has 0 fully saturated rings. The van der Waals surface area contributed by atoms with Crippen LogP contribution >= 0.6 is 0 Å². The van der Waals surface area contributed by atoms with Gasteiger partial charge in [0.25, 0.3) is 0 Å². The first kappa shape index (κ1) is 15.1. The number of carboxylic acid groups (broad SMARTS) is 1. The highest BCUT2D eigenvalue weighted by Gasteiger charge is 2.18. The van der Waals surface area contributed by atoms with E-state index < -0.39 is 5.97 Å². The average molecular weight is 310 g/mol. The standard InChI is InChI=1S/C18H18N2O3/c1-2-11-23-15-9-6-10-20-14(12-16(21)22)17(19-18(15)20)13-7-4-3-5-8-13/h3-10H,2,11-12H2,1H3,(H,21,22). The number of hydrogen-bond donors (Lipinski definition) is 1. The molecular weight excluding hydrogens is 292 g/mol. The third-order valence-corrected chi connectivity index (χ3v) is 3.54. The van der Waals surface area contributed by atoms with Crippen LogP contribution < -0.4 is 4.74 Å². The fourth-order valence-electron chi connectivity index (χ4n) is 2.56. The first-order chi connectivity index (χ1) is 11.2. The molecule has 23 heavy (non-hydrogen) atoms. The summed E-state index contributed by atoms with van der Waals surface area (Å²) in [5.74, 6) is -0.216. The summed E-state index contributed by atoms with van der Waals surface area (Å²) in [6.45, 7) is 2.64. The van der Waals surface area contributed by atoms with Crippen molar-refractivity contribution in [3.05, 3.63) is 54.4 Å². The lowest BCUT2D eigenvalue weighted by Crippen LogP contribution is -2.05. The van der Waals surface area contributed by atoms with E-state index in [1.807, 2.05) is 55.6 Å². The van der Waals surface area contributed by atoms with Gasteiger partial charge in [0.15, 0.2) is 11.4 Å². The topological polar surface area (TPSA) is 63.8 Å². The van der Waals surface area contributed by atoms with Gasteiger partial charge < -0.3 is 9.84 Å². The highest BCUT2D eigenvalue weighted by atomic mass is 16.5. The number of aromatic nitrogens is 2. The number of hydrogen-bond acceptors (Lipinski definition) is 3. The minimum Gasteiger partial charge on any atom is -0.490 e. The molecule has 2 aromatic heterocycles. The zero-order valence-electron chi connectivity index (χ0n) is 12.9. The van der Waals surface area contributed by atoms with Crippen LogP contribution in [0.5, 0.6) is 5.75 Å². The fourth-order valence-corrected chi connectivity index (χ4v) is 2.56. The van der Waals surface area contributed by atoms with E-state index in [0.29, 0.717) is 29.4 Å². The molecule has 0 unspecified atom stereocenters. The average Bonchev–Trinajstić information content (AvgIpc) is 2.92. The van der Waals surface area contributed by atoms with Crippen molar-refractivity contribution < 1.29 is 14.6 Å². The molecule has 5 heteroatoms. The lowest BCUT2D eigenvalue weighted by Gasteiger charge is -2.06. The minimum atomic E-state index is -0.885. The summed E-state index contributed by atoms with van der Waals surface area (Å²) in [7, 11) is 0. The second-order valence-electron chi connectivity index (χ2n) is 5.26. The molecule has 2 heterocycles. The van der Waals surface area contributed by atoms with Crippen molar-refractivity contribution in [1.29, 1.82) is 0 Å². The Morgan fingerprint density at radius 2 is 2.00 bits per heavy atom. The summed E-state index contributed by atoms with van der Waals surface area (Å²) in [6, 6.07) is 13.3. The van der Waals surface area contributed by atoms with Crippen LogP contribution in [0.4, 0.5) is 0 Å². The van der Waals surface area contributed by atoms with E-state index in [9.17, 15) is 9.90 Å². The molecule has 0 atom stereocenters. The van der Waals surface area contributed by atoms with Crippen molar-refractivity contribution in [3.8, 4) is 17.0 Å². The second-order valence-corrected chi connectivity index (χ2v) is 5.26. The molecule has 0 bridgehead atoms. The van der Waals surface area contributed by atoms with Crippen molar-refractivity contribution in [3.63, 3.8) is 0 Å². The lowest BCUT2D eigenvalue weighted by molar-refractivity contribution is -0.136. The molecule has 0 radical (unpaired) electrons. The molecule has 0 saturated heterocycles. The van der Waals surface area contributed by atoms with E-state index in [2.05, 4.69) is 4.98 Å². The molecule has 0 amide bonds. The van der Waals surface area contributed by atoms with Gasteiger partial charge in [-0.3, -0.25) is 9.20 Å². The van der Waals surface area contributed by atoms with Crippen LogP contribution in [0.2, 0.25) is 0 Å². The van der Waals surface area contributed by atoms with Crippen LogP contribution in [-0.4, -0.2) is 27.1 Å². The molecule has 0 aliphatic rings. The van der Waals surface area contributed by atoms with Gasteiger partial charge in [0, 0.05) is 11.8 Å². The maximum absolute atomic E-state index is 11.3. The minimum absolute atomic E-state index is 0.0946. The zero-order valence-corrected chi connectivity index (χ0v) is 12.9. The Labute approximate surface area is 134 Å². The van der Waals surface area contributed by atoms with Crippen molar-refractivity contribution in [2.24, 2.45) is 0 Å². The summed E-state index contributed by atoms with van der Waals surface area (Å²) in [6.07, 6.45) is 2.63. The van der Waals surface area contributed by atoms with Gasteiger partial charge in [-0.1, -0.05) is 37.3 Å². The zero-order chi connectivity index (χ0) is 16.2. The van der Waals surface area contributed by atoms with E-state index >= 15 is 0 Å². The summed E-state index contributed by atoms with van der Waals surface area (Å²) in [5.41, 5.74) is 2.88. The molecule has 3 aromatic rings. The number of imidazole rings is 1. The monoisotopic (exact) mass is 310 g/mol. The number of nitrogens with zero attached hydrogens (tertiary/aromatic N) is 2. The van der Waals surface area contributed by atoms with E-state index in [4.69, 9.17) is 4.74 Å². The van der Waals surface area contributed by atoms with E-state index in [-0.39, 0.29) is 6.42 Å². The van der Waals surface area contributed by atoms with Crippen molar-refractivity contribution in [2.45, 2.75) is 19.8 Å². The third-order valence-electron chi connectivity index (χ3n) is 3.54. The smallest absolute Gasteiger partial charge is 0.309 e. The fraction of sp³-hybridized carbons (Fsp3) is 0.222. The van der Waals surface area contributed by atoms with Gasteiger partial charge in [-0.05, 0) is 18.6 Å². The first-order valence-electron chi connectivity index (χ1n) is 7.60. The number of pyridine rings is 1. The Bertz CT molecular complexity index is 825. The van der Waals surface area contributed by atoms with Gasteiger partial charge in [0.1, 0.15) is 0 Å². The molecule has 1 N–H and O–H groups in total. The summed E-state index contributed by atoms with van der Waals surface area (Å²) >= 11 is 0. The number of aliphatic carboxylic acids is 1. The number of benzene rings is 1. The predicted octanol–water partition coefficient (Wildman–Crippen LogP) is 3.42. The number of ether oxygens (including phenoxy) is 1. The summed E-state index contributed by atoms with van der Waals surface area (Å²) < 4.78 is 7.55. The molecule has 1 aromatic carbocycles. The number of fused-ring (bicyclic) bond motifs is 1. The Hall–Kier alpha value is -2.82. The lowest BCUT2D eigenvalue weighted by atomic mass is 10.1. The number of carbonyl (C=O) groups is 1.